The molecule has 0 saturated carbocycles. The summed E-state index contributed by atoms with van der Waals surface area (Å²) in [5.74, 6) is 0.138. The third-order valence-corrected chi connectivity index (χ3v) is 2.77. The fourth-order valence-electron chi connectivity index (χ4n) is 1.19. The maximum Gasteiger partial charge on any atom is 0.178 e. The van der Waals surface area contributed by atoms with Gasteiger partial charge in [-0.1, -0.05) is 12.1 Å². The number of Topliss-reactive ketones (excluding diaryl/α,β-unsaturated/α-hetero) is 1. The van der Waals surface area contributed by atoms with Crippen molar-refractivity contribution < 1.29 is 4.79 Å². The summed E-state index contributed by atoms with van der Waals surface area (Å²) in [6.07, 6.45) is 2.10. The molecule has 0 aliphatic carbocycles. The highest BCUT2D eigenvalue weighted by atomic mass is 35.5. The third-order valence-electron chi connectivity index (χ3n) is 1.86. The van der Waals surface area contributed by atoms with E-state index in [0.29, 0.717) is 6.42 Å². The number of aromatic nitrogens is 1. The Kier molecular flexibility index (Phi) is 4.46. The molecule has 0 radical (unpaired) electrons. The lowest BCUT2D eigenvalue weighted by Crippen LogP contribution is -2.02. The van der Waals surface area contributed by atoms with Gasteiger partial charge in [0.25, 0.3) is 0 Å². The SMILES string of the molecule is Cl.O=C(Cc1ccccn1)c1cccs1. The van der Waals surface area contributed by atoms with E-state index in [9.17, 15) is 4.79 Å². The number of thiophene rings is 1. The topological polar surface area (TPSA) is 30.0 Å². The van der Waals surface area contributed by atoms with Gasteiger partial charge < -0.3 is 0 Å². The highest BCUT2D eigenvalue weighted by molar-refractivity contribution is 7.12. The lowest BCUT2D eigenvalue weighted by molar-refractivity contribution is 0.0996. The third kappa shape index (κ3) is 3.15. The minimum atomic E-state index is 0. The zero-order chi connectivity index (χ0) is 9.80. The second-order valence-electron chi connectivity index (χ2n) is 2.90. The average molecular weight is 240 g/mol. The van der Waals surface area contributed by atoms with E-state index in [-0.39, 0.29) is 18.2 Å². The molecule has 4 heteroatoms. The van der Waals surface area contributed by atoms with Crippen molar-refractivity contribution in [1.82, 2.24) is 4.98 Å². The number of ketones is 1. The van der Waals surface area contributed by atoms with Crippen LogP contribution in [0.4, 0.5) is 0 Å². The van der Waals surface area contributed by atoms with Crippen molar-refractivity contribution in [3.05, 3.63) is 52.5 Å². The van der Waals surface area contributed by atoms with Crippen molar-refractivity contribution in [2.75, 3.05) is 0 Å². The number of carbonyl (C=O) groups is 1. The summed E-state index contributed by atoms with van der Waals surface area (Å²) in [6, 6.07) is 9.33. The maximum absolute atomic E-state index is 11.6. The first kappa shape index (κ1) is 11.9. The van der Waals surface area contributed by atoms with Crippen molar-refractivity contribution in [3.63, 3.8) is 0 Å². The summed E-state index contributed by atoms with van der Waals surface area (Å²) in [4.78, 5) is 16.6. The lowest BCUT2D eigenvalue weighted by Gasteiger charge is -1.96. The molecule has 2 aromatic rings. The van der Waals surface area contributed by atoms with Crippen LogP contribution in [0.15, 0.2) is 41.9 Å². The van der Waals surface area contributed by atoms with Gasteiger partial charge in [-0.25, -0.2) is 0 Å². The summed E-state index contributed by atoms with van der Waals surface area (Å²) in [7, 11) is 0. The van der Waals surface area contributed by atoms with E-state index in [0.717, 1.165) is 10.6 Å². The normalized spacial score (nSPS) is 9.33. The standard InChI is InChI=1S/C11H9NOS.ClH/c13-10(11-5-3-7-14-11)8-9-4-1-2-6-12-9;/h1-7H,8H2;1H. The average Bonchev–Trinajstić information content (AvgIpc) is 2.72. The zero-order valence-electron chi connectivity index (χ0n) is 7.92. The Morgan fingerprint density at radius 1 is 1.27 bits per heavy atom. The van der Waals surface area contributed by atoms with Gasteiger partial charge in [-0.3, -0.25) is 9.78 Å². The number of rotatable bonds is 3. The van der Waals surface area contributed by atoms with Gasteiger partial charge in [-0.2, -0.15) is 0 Å². The minimum Gasteiger partial charge on any atom is -0.293 e. The van der Waals surface area contributed by atoms with Crippen LogP contribution in [-0.2, 0) is 6.42 Å². The van der Waals surface area contributed by atoms with Crippen molar-refractivity contribution in [2.45, 2.75) is 6.42 Å². The van der Waals surface area contributed by atoms with Crippen LogP contribution in [0.5, 0.6) is 0 Å². The van der Waals surface area contributed by atoms with Crippen LogP contribution in [-0.4, -0.2) is 10.8 Å². The van der Waals surface area contributed by atoms with E-state index in [2.05, 4.69) is 4.98 Å². The molecule has 0 aliphatic heterocycles. The number of hydrogen-bond donors (Lipinski definition) is 0. The molecule has 0 bridgehead atoms. The van der Waals surface area contributed by atoms with E-state index < -0.39 is 0 Å². The second kappa shape index (κ2) is 5.63. The molecule has 2 aromatic heterocycles. The Balaban J connectivity index is 0.00000112. The summed E-state index contributed by atoms with van der Waals surface area (Å²) in [6.45, 7) is 0. The highest BCUT2D eigenvalue weighted by Gasteiger charge is 2.07. The summed E-state index contributed by atoms with van der Waals surface area (Å²) in [5.41, 5.74) is 0.825. The van der Waals surface area contributed by atoms with Gasteiger partial charge in [0.05, 0.1) is 11.3 Å². The first-order valence-electron chi connectivity index (χ1n) is 4.33. The largest absolute Gasteiger partial charge is 0.293 e. The van der Waals surface area contributed by atoms with E-state index >= 15 is 0 Å². The Morgan fingerprint density at radius 3 is 2.73 bits per heavy atom. The molecular formula is C11H10ClNOS. The Hall–Kier alpha value is -1.19. The number of halogens is 1. The minimum absolute atomic E-state index is 0. The number of nitrogens with zero attached hydrogens (tertiary/aromatic N) is 1. The van der Waals surface area contributed by atoms with Crippen LogP contribution in [0, 0.1) is 0 Å². The molecule has 2 rings (SSSR count). The Labute approximate surface area is 98.4 Å². The predicted octanol–water partition coefficient (Wildman–Crippen LogP) is 2.99. The fraction of sp³-hybridized carbons (Fsp3) is 0.0909. The summed E-state index contributed by atoms with van der Waals surface area (Å²) < 4.78 is 0. The van der Waals surface area contributed by atoms with Crippen LogP contribution >= 0.6 is 23.7 Å². The van der Waals surface area contributed by atoms with Gasteiger partial charge >= 0.3 is 0 Å². The fourth-order valence-corrected chi connectivity index (χ4v) is 1.86. The smallest absolute Gasteiger partial charge is 0.178 e. The van der Waals surface area contributed by atoms with Crippen LogP contribution in [0.3, 0.4) is 0 Å². The van der Waals surface area contributed by atoms with Crippen LogP contribution in [0.25, 0.3) is 0 Å². The molecule has 0 amide bonds. The molecule has 0 spiro atoms. The predicted molar refractivity (Wildman–Crippen MR) is 63.8 cm³/mol. The molecule has 0 aromatic carbocycles. The maximum atomic E-state index is 11.6. The lowest BCUT2D eigenvalue weighted by atomic mass is 10.2. The van der Waals surface area contributed by atoms with Gasteiger partial charge in [0.1, 0.15) is 0 Å². The zero-order valence-corrected chi connectivity index (χ0v) is 9.55. The van der Waals surface area contributed by atoms with E-state index in [1.807, 2.05) is 35.7 Å². The molecule has 0 fully saturated rings. The molecule has 78 valence electrons. The van der Waals surface area contributed by atoms with E-state index in [1.165, 1.54) is 11.3 Å². The van der Waals surface area contributed by atoms with Crippen molar-refractivity contribution in [2.24, 2.45) is 0 Å². The highest BCUT2D eigenvalue weighted by Crippen LogP contribution is 2.11. The monoisotopic (exact) mass is 239 g/mol. The van der Waals surface area contributed by atoms with E-state index in [4.69, 9.17) is 0 Å². The first-order chi connectivity index (χ1) is 6.86. The van der Waals surface area contributed by atoms with Crippen LogP contribution in [0.2, 0.25) is 0 Å². The van der Waals surface area contributed by atoms with Crippen molar-refractivity contribution in [1.29, 1.82) is 0 Å². The molecule has 0 unspecified atom stereocenters. The number of carbonyl (C=O) groups excluding carboxylic acids is 1. The molecule has 0 atom stereocenters. The van der Waals surface area contributed by atoms with Crippen LogP contribution < -0.4 is 0 Å². The molecular weight excluding hydrogens is 230 g/mol. The molecule has 0 aliphatic rings. The molecule has 0 saturated heterocycles. The Bertz CT molecular complexity index is 413. The molecule has 15 heavy (non-hydrogen) atoms. The number of hydrogen-bond acceptors (Lipinski definition) is 3. The van der Waals surface area contributed by atoms with Gasteiger partial charge in [0.2, 0.25) is 0 Å². The van der Waals surface area contributed by atoms with E-state index in [1.54, 1.807) is 6.20 Å². The molecule has 2 nitrogen and oxygen atoms in total. The van der Waals surface area contributed by atoms with Gasteiger partial charge in [0, 0.05) is 11.9 Å². The number of pyridine rings is 1. The van der Waals surface area contributed by atoms with Crippen LogP contribution in [0.1, 0.15) is 15.4 Å². The molecule has 0 N–H and O–H groups in total. The summed E-state index contributed by atoms with van der Waals surface area (Å²) >= 11 is 1.47. The van der Waals surface area contributed by atoms with Crippen molar-refractivity contribution >= 4 is 29.5 Å². The van der Waals surface area contributed by atoms with Crippen molar-refractivity contribution in [3.8, 4) is 0 Å². The van der Waals surface area contributed by atoms with Gasteiger partial charge in [0.15, 0.2) is 5.78 Å². The molecule has 2 heterocycles. The van der Waals surface area contributed by atoms with Gasteiger partial charge in [-0.05, 0) is 23.6 Å². The van der Waals surface area contributed by atoms with Gasteiger partial charge in [-0.15, -0.1) is 23.7 Å². The summed E-state index contributed by atoms with van der Waals surface area (Å²) in [5, 5.41) is 1.91. The second-order valence-corrected chi connectivity index (χ2v) is 3.85. The Morgan fingerprint density at radius 2 is 2.13 bits per heavy atom. The quantitative estimate of drug-likeness (QED) is 0.771. The first-order valence-corrected chi connectivity index (χ1v) is 5.21.